The Kier molecular flexibility index (Phi) is 6.54. The van der Waals surface area contributed by atoms with Crippen molar-refractivity contribution in [3.8, 4) is 5.75 Å². The van der Waals surface area contributed by atoms with Gasteiger partial charge in [-0.05, 0) is 46.1 Å². The van der Waals surface area contributed by atoms with E-state index in [1.54, 1.807) is 32.2 Å². The van der Waals surface area contributed by atoms with Crippen molar-refractivity contribution in [1.82, 2.24) is 0 Å². The maximum Gasteiger partial charge on any atom is 0.342 e. The first-order valence-electron chi connectivity index (χ1n) is 8.76. The molecule has 5 nitrogen and oxygen atoms in total. The molecule has 0 spiro atoms. The van der Waals surface area contributed by atoms with Crippen molar-refractivity contribution in [2.45, 2.75) is 13.5 Å². The number of halogens is 1. The second kappa shape index (κ2) is 9.08. The first-order valence-corrected chi connectivity index (χ1v) is 9.55. The lowest BCUT2D eigenvalue weighted by Crippen LogP contribution is -2.10. The van der Waals surface area contributed by atoms with E-state index >= 15 is 0 Å². The third-order valence-corrected chi connectivity index (χ3v) is 4.87. The van der Waals surface area contributed by atoms with E-state index in [0.29, 0.717) is 41.3 Å². The second-order valence-corrected chi connectivity index (χ2v) is 7.03. The molecule has 0 radical (unpaired) electrons. The van der Waals surface area contributed by atoms with Gasteiger partial charge in [-0.1, -0.05) is 36.9 Å². The molecule has 0 unspecified atom stereocenters. The van der Waals surface area contributed by atoms with Crippen LogP contribution in [0.1, 0.15) is 27.2 Å². The Hall–Kier alpha value is -2.57. The topological polar surface area (TPSA) is 57.9 Å². The van der Waals surface area contributed by atoms with Crippen LogP contribution in [0.4, 0.5) is 0 Å². The average Bonchev–Trinajstić information content (AvgIpc) is 3.01. The van der Waals surface area contributed by atoms with Crippen LogP contribution in [0.2, 0.25) is 0 Å². The van der Waals surface area contributed by atoms with Crippen LogP contribution >= 0.6 is 15.9 Å². The molecular formula is C22H21BrO5. The van der Waals surface area contributed by atoms with Gasteiger partial charge < -0.3 is 18.6 Å². The van der Waals surface area contributed by atoms with Crippen LogP contribution in [0, 0.1) is 6.92 Å². The van der Waals surface area contributed by atoms with E-state index in [2.05, 4.69) is 22.5 Å². The minimum Gasteiger partial charge on any atom is -0.488 e. The van der Waals surface area contributed by atoms with E-state index in [-0.39, 0.29) is 6.61 Å². The molecule has 146 valence electrons. The molecule has 0 bridgehead atoms. The molecule has 0 atom stereocenters. The van der Waals surface area contributed by atoms with Crippen molar-refractivity contribution < 1.29 is 23.4 Å². The summed E-state index contributed by atoms with van der Waals surface area (Å²) in [6, 6.07) is 11.5. The van der Waals surface area contributed by atoms with E-state index in [1.165, 1.54) is 0 Å². The number of hydrogen-bond donors (Lipinski definition) is 0. The normalized spacial score (nSPS) is 10.8. The number of esters is 1. The molecule has 1 heterocycles. The van der Waals surface area contributed by atoms with Crippen molar-refractivity contribution in [3.63, 3.8) is 0 Å². The molecule has 0 aliphatic rings. The standard InChI is InChI=1S/C22H21BrO5/c1-4-15-5-7-16(8-6-15)13-27-20-11-17-19(12-18(20)23)28-14(2)21(17)22(24)26-10-9-25-3/h4-8,11-12H,1,9-10,13H2,2-3H3. The van der Waals surface area contributed by atoms with Crippen molar-refractivity contribution in [3.05, 3.63) is 69.9 Å². The fraction of sp³-hybridized carbons (Fsp3) is 0.227. The monoisotopic (exact) mass is 444 g/mol. The Bertz CT molecular complexity index is 988. The molecule has 3 rings (SSSR count). The molecule has 2 aromatic carbocycles. The van der Waals surface area contributed by atoms with Crippen molar-refractivity contribution in [2.24, 2.45) is 0 Å². The average molecular weight is 445 g/mol. The Morgan fingerprint density at radius 2 is 1.96 bits per heavy atom. The number of furan rings is 1. The Morgan fingerprint density at radius 3 is 2.64 bits per heavy atom. The summed E-state index contributed by atoms with van der Waals surface area (Å²) in [5, 5.41) is 0.653. The minimum atomic E-state index is -0.443. The lowest BCUT2D eigenvalue weighted by atomic mass is 10.1. The van der Waals surface area contributed by atoms with Gasteiger partial charge in [0.05, 0.1) is 11.1 Å². The van der Waals surface area contributed by atoms with E-state index in [0.717, 1.165) is 15.6 Å². The van der Waals surface area contributed by atoms with Gasteiger partial charge in [0.1, 0.15) is 35.9 Å². The highest BCUT2D eigenvalue weighted by molar-refractivity contribution is 9.10. The Labute approximate surface area is 172 Å². The highest BCUT2D eigenvalue weighted by atomic mass is 79.9. The van der Waals surface area contributed by atoms with Crippen molar-refractivity contribution in [1.29, 1.82) is 0 Å². The summed E-state index contributed by atoms with van der Waals surface area (Å²) < 4.78 is 22.6. The fourth-order valence-electron chi connectivity index (χ4n) is 2.79. The summed E-state index contributed by atoms with van der Waals surface area (Å²) in [5.41, 5.74) is 3.07. The van der Waals surface area contributed by atoms with Crippen LogP contribution in [0.15, 0.2) is 51.9 Å². The lowest BCUT2D eigenvalue weighted by Gasteiger charge is -2.09. The number of aryl methyl sites for hydroxylation is 1. The number of benzene rings is 2. The molecule has 0 aliphatic carbocycles. The van der Waals surface area contributed by atoms with Crippen LogP contribution in [-0.4, -0.2) is 26.3 Å². The molecule has 0 N–H and O–H groups in total. The lowest BCUT2D eigenvalue weighted by molar-refractivity contribution is 0.0388. The number of ether oxygens (including phenoxy) is 3. The predicted octanol–water partition coefficient (Wildman–Crippen LogP) is 5.53. The zero-order valence-corrected chi connectivity index (χ0v) is 17.4. The fourth-order valence-corrected chi connectivity index (χ4v) is 3.22. The summed E-state index contributed by atoms with van der Waals surface area (Å²) in [7, 11) is 1.55. The Balaban J connectivity index is 1.84. The number of carbonyl (C=O) groups excluding carboxylic acids is 1. The largest absolute Gasteiger partial charge is 0.488 e. The van der Waals surface area contributed by atoms with Crippen molar-refractivity contribution in [2.75, 3.05) is 20.3 Å². The highest BCUT2D eigenvalue weighted by Crippen LogP contribution is 2.35. The van der Waals surface area contributed by atoms with E-state index < -0.39 is 5.97 Å². The van der Waals surface area contributed by atoms with Crippen LogP contribution in [-0.2, 0) is 16.1 Å². The van der Waals surface area contributed by atoms with Gasteiger partial charge in [-0.15, -0.1) is 0 Å². The van der Waals surface area contributed by atoms with Gasteiger partial charge >= 0.3 is 5.97 Å². The van der Waals surface area contributed by atoms with Gasteiger partial charge in [0.15, 0.2) is 0 Å². The first kappa shape index (κ1) is 20.2. The van der Waals surface area contributed by atoms with E-state index in [1.807, 2.05) is 24.3 Å². The molecule has 0 fully saturated rings. The smallest absolute Gasteiger partial charge is 0.342 e. The van der Waals surface area contributed by atoms with Crippen LogP contribution in [0.3, 0.4) is 0 Å². The summed E-state index contributed by atoms with van der Waals surface area (Å²) in [6.07, 6.45) is 1.80. The second-order valence-electron chi connectivity index (χ2n) is 6.18. The molecule has 0 saturated carbocycles. The van der Waals surface area contributed by atoms with Crippen LogP contribution in [0.5, 0.6) is 5.75 Å². The van der Waals surface area contributed by atoms with Gasteiger partial charge in [0.2, 0.25) is 0 Å². The zero-order valence-electron chi connectivity index (χ0n) is 15.8. The van der Waals surface area contributed by atoms with E-state index in [4.69, 9.17) is 18.6 Å². The molecule has 6 heteroatoms. The van der Waals surface area contributed by atoms with Crippen LogP contribution in [0.25, 0.3) is 17.0 Å². The van der Waals surface area contributed by atoms with Crippen LogP contribution < -0.4 is 4.74 Å². The predicted molar refractivity (Wildman–Crippen MR) is 112 cm³/mol. The molecule has 0 aliphatic heterocycles. The summed E-state index contributed by atoms with van der Waals surface area (Å²) in [5.74, 6) is 0.676. The molecule has 0 saturated heterocycles. The molecular weight excluding hydrogens is 424 g/mol. The minimum absolute atomic E-state index is 0.183. The molecule has 1 aromatic heterocycles. The van der Waals surface area contributed by atoms with Gasteiger partial charge in [0, 0.05) is 12.5 Å². The third kappa shape index (κ3) is 4.46. The van der Waals surface area contributed by atoms with E-state index in [9.17, 15) is 4.79 Å². The molecule has 28 heavy (non-hydrogen) atoms. The first-order chi connectivity index (χ1) is 13.5. The zero-order chi connectivity index (χ0) is 20.1. The molecule has 3 aromatic rings. The summed E-state index contributed by atoms with van der Waals surface area (Å²) >= 11 is 3.50. The molecule has 0 amide bonds. The van der Waals surface area contributed by atoms with Crippen molar-refractivity contribution >= 4 is 38.9 Å². The Morgan fingerprint density at radius 1 is 1.21 bits per heavy atom. The summed E-state index contributed by atoms with van der Waals surface area (Å²) in [6.45, 7) is 6.41. The number of fused-ring (bicyclic) bond motifs is 1. The van der Waals surface area contributed by atoms with Gasteiger partial charge in [-0.2, -0.15) is 0 Å². The number of carbonyl (C=O) groups is 1. The quantitative estimate of drug-likeness (QED) is 0.337. The number of hydrogen-bond acceptors (Lipinski definition) is 5. The highest BCUT2D eigenvalue weighted by Gasteiger charge is 2.21. The van der Waals surface area contributed by atoms with Gasteiger partial charge in [-0.3, -0.25) is 0 Å². The van der Waals surface area contributed by atoms with Gasteiger partial charge in [-0.25, -0.2) is 4.79 Å². The SMILES string of the molecule is C=Cc1ccc(COc2cc3c(C(=O)OCCOC)c(C)oc3cc2Br)cc1. The summed E-state index contributed by atoms with van der Waals surface area (Å²) in [4.78, 5) is 12.5. The van der Waals surface area contributed by atoms with Gasteiger partial charge in [0.25, 0.3) is 0 Å². The number of rotatable bonds is 8. The maximum absolute atomic E-state index is 12.5. The number of methoxy groups -OCH3 is 1. The maximum atomic E-state index is 12.5. The third-order valence-electron chi connectivity index (χ3n) is 4.25.